The van der Waals surface area contributed by atoms with Gasteiger partial charge in [0.1, 0.15) is 11.6 Å². The summed E-state index contributed by atoms with van der Waals surface area (Å²) in [5.41, 5.74) is 3.02. The summed E-state index contributed by atoms with van der Waals surface area (Å²) in [5, 5.41) is 12.3. The summed E-state index contributed by atoms with van der Waals surface area (Å²) >= 11 is 0. The zero-order valence-electron chi connectivity index (χ0n) is 16.3. The number of sulfone groups is 1. The molecule has 0 saturated heterocycles. The van der Waals surface area contributed by atoms with Gasteiger partial charge in [0.15, 0.2) is 0 Å². The van der Waals surface area contributed by atoms with Crippen molar-refractivity contribution in [3.05, 3.63) is 65.7 Å². The Balaban J connectivity index is 1.83. The number of aliphatic hydroxyl groups is 1. The van der Waals surface area contributed by atoms with Crippen LogP contribution in [0.4, 0.5) is 5.82 Å². The molecule has 0 saturated carbocycles. The fourth-order valence-electron chi connectivity index (χ4n) is 2.79. The maximum absolute atomic E-state index is 12.0. The maximum Gasteiger partial charge on any atom is 0.249 e. The smallest absolute Gasteiger partial charge is 0.249 e. The van der Waals surface area contributed by atoms with Gasteiger partial charge in [0.25, 0.3) is 0 Å². The standard InChI is InChI=1S/C21H23N3O4S/c1-28-18-8-6-15(7-9-18)10-11-22-20-13-19(23-21(24-20)29(2,26)27)17-5-3-4-16(12-17)14-25/h3-9,12-13,25H,10-11,14H2,1-2H3,(H,22,23,24). The second-order valence-corrected chi connectivity index (χ2v) is 8.49. The van der Waals surface area contributed by atoms with Gasteiger partial charge in [0, 0.05) is 24.4 Å². The molecule has 0 atom stereocenters. The number of ether oxygens (including phenoxy) is 1. The van der Waals surface area contributed by atoms with Crippen LogP contribution in [0.25, 0.3) is 11.3 Å². The minimum absolute atomic E-state index is 0.106. The summed E-state index contributed by atoms with van der Waals surface area (Å²) < 4.78 is 29.2. The molecule has 0 aliphatic carbocycles. The van der Waals surface area contributed by atoms with E-state index in [-0.39, 0.29) is 11.8 Å². The van der Waals surface area contributed by atoms with E-state index in [1.807, 2.05) is 30.3 Å². The third-order valence-electron chi connectivity index (χ3n) is 4.32. The lowest BCUT2D eigenvalue weighted by atomic mass is 10.1. The quantitative estimate of drug-likeness (QED) is 0.548. The molecule has 0 aliphatic heterocycles. The Morgan fingerprint density at radius 2 is 1.79 bits per heavy atom. The lowest BCUT2D eigenvalue weighted by molar-refractivity contribution is 0.282. The third kappa shape index (κ3) is 5.52. The Morgan fingerprint density at radius 3 is 2.45 bits per heavy atom. The zero-order valence-corrected chi connectivity index (χ0v) is 17.1. The Morgan fingerprint density at radius 1 is 1.03 bits per heavy atom. The van der Waals surface area contributed by atoms with Gasteiger partial charge in [-0.25, -0.2) is 18.4 Å². The van der Waals surface area contributed by atoms with Gasteiger partial charge in [-0.05, 0) is 35.7 Å². The van der Waals surface area contributed by atoms with Gasteiger partial charge < -0.3 is 15.2 Å². The van der Waals surface area contributed by atoms with E-state index in [1.165, 1.54) is 0 Å². The minimum atomic E-state index is -3.58. The van der Waals surface area contributed by atoms with Crippen molar-refractivity contribution >= 4 is 15.7 Å². The van der Waals surface area contributed by atoms with E-state index in [1.54, 1.807) is 31.4 Å². The van der Waals surface area contributed by atoms with Crippen molar-refractivity contribution in [1.82, 2.24) is 9.97 Å². The average molecular weight is 413 g/mol. The van der Waals surface area contributed by atoms with Crippen molar-refractivity contribution in [2.24, 2.45) is 0 Å². The number of benzene rings is 2. The van der Waals surface area contributed by atoms with Crippen LogP contribution in [-0.2, 0) is 22.9 Å². The molecule has 29 heavy (non-hydrogen) atoms. The van der Waals surface area contributed by atoms with Gasteiger partial charge >= 0.3 is 0 Å². The largest absolute Gasteiger partial charge is 0.497 e. The normalized spacial score (nSPS) is 11.3. The SMILES string of the molecule is COc1ccc(CCNc2cc(-c3cccc(CO)c3)nc(S(C)(=O)=O)n2)cc1. The van der Waals surface area contributed by atoms with E-state index in [0.29, 0.717) is 23.6 Å². The number of methoxy groups -OCH3 is 1. The molecule has 0 aliphatic rings. The van der Waals surface area contributed by atoms with Crippen LogP contribution < -0.4 is 10.1 Å². The molecule has 152 valence electrons. The average Bonchev–Trinajstić information content (AvgIpc) is 2.73. The minimum Gasteiger partial charge on any atom is -0.497 e. The Labute approximate surface area is 170 Å². The first-order chi connectivity index (χ1) is 13.9. The molecule has 1 aromatic heterocycles. The van der Waals surface area contributed by atoms with E-state index in [0.717, 1.165) is 29.6 Å². The number of hydrogen-bond donors (Lipinski definition) is 2. The summed E-state index contributed by atoms with van der Waals surface area (Å²) in [5.74, 6) is 1.23. The lowest BCUT2D eigenvalue weighted by Crippen LogP contribution is -2.11. The Hall–Kier alpha value is -2.97. The molecular formula is C21H23N3O4S. The fraction of sp³-hybridized carbons (Fsp3) is 0.238. The van der Waals surface area contributed by atoms with Crippen molar-refractivity contribution in [3.8, 4) is 17.0 Å². The highest BCUT2D eigenvalue weighted by molar-refractivity contribution is 7.90. The number of anilines is 1. The van der Waals surface area contributed by atoms with Crippen molar-refractivity contribution < 1.29 is 18.3 Å². The highest BCUT2D eigenvalue weighted by Crippen LogP contribution is 2.23. The molecule has 2 N–H and O–H groups in total. The topological polar surface area (TPSA) is 101 Å². The first-order valence-electron chi connectivity index (χ1n) is 9.05. The summed E-state index contributed by atoms with van der Waals surface area (Å²) in [7, 11) is -1.96. The van der Waals surface area contributed by atoms with Crippen LogP contribution in [-0.4, -0.2) is 43.4 Å². The highest BCUT2D eigenvalue weighted by Gasteiger charge is 2.15. The molecule has 0 spiro atoms. The first kappa shape index (κ1) is 20.8. The van der Waals surface area contributed by atoms with Gasteiger partial charge in [-0.15, -0.1) is 0 Å². The van der Waals surface area contributed by atoms with E-state index in [9.17, 15) is 13.5 Å². The number of nitrogens with zero attached hydrogens (tertiary/aromatic N) is 2. The second kappa shape index (κ2) is 9.02. The molecule has 0 fully saturated rings. The first-order valence-corrected chi connectivity index (χ1v) is 10.9. The van der Waals surface area contributed by atoms with Crippen LogP contribution in [0.3, 0.4) is 0 Å². The second-order valence-electron chi connectivity index (χ2n) is 6.58. The predicted octanol–water partition coefficient (Wildman–Crippen LogP) is 2.70. The van der Waals surface area contributed by atoms with Crippen molar-refractivity contribution in [1.29, 1.82) is 0 Å². The van der Waals surface area contributed by atoms with Crippen molar-refractivity contribution in [2.45, 2.75) is 18.2 Å². The molecule has 2 aromatic carbocycles. The highest BCUT2D eigenvalue weighted by atomic mass is 32.2. The van der Waals surface area contributed by atoms with E-state index in [2.05, 4.69) is 15.3 Å². The number of nitrogens with one attached hydrogen (secondary N) is 1. The van der Waals surface area contributed by atoms with Crippen LogP contribution in [0.5, 0.6) is 5.75 Å². The predicted molar refractivity (Wildman–Crippen MR) is 112 cm³/mol. The molecule has 8 heteroatoms. The number of aromatic nitrogens is 2. The van der Waals surface area contributed by atoms with Gasteiger partial charge in [-0.1, -0.05) is 30.3 Å². The molecule has 0 radical (unpaired) electrons. The number of aliphatic hydroxyl groups excluding tert-OH is 1. The lowest BCUT2D eigenvalue weighted by Gasteiger charge is -2.10. The van der Waals surface area contributed by atoms with Crippen LogP contribution >= 0.6 is 0 Å². The van der Waals surface area contributed by atoms with Gasteiger partial charge in [0.05, 0.1) is 19.4 Å². The summed E-state index contributed by atoms with van der Waals surface area (Å²) in [6.45, 7) is 0.466. The van der Waals surface area contributed by atoms with Gasteiger partial charge in [-0.3, -0.25) is 0 Å². The molecule has 7 nitrogen and oxygen atoms in total. The van der Waals surface area contributed by atoms with Crippen LogP contribution in [0.1, 0.15) is 11.1 Å². The van der Waals surface area contributed by atoms with E-state index < -0.39 is 9.84 Å². The molecule has 3 rings (SSSR count). The number of hydrogen-bond acceptors (Lipinski definition) is 7. The monoisotopic (exact) mass is 413 g/mol. The molecule has 0 unspecified atom stereocenters. The third-order valence-corrected chi connectivity index (χ3v) is 5.17. The van der Waals surface area contributed by atoms with E-state index >= 15 is 0 Å². The molecule has 0 amide bonds. The molecular weight excluding hydrogens is 390 g/mol. The van der Waals surface area contributed by atoms with E-state index in [4.69, 9.17) is 4.74 Å². The summed E-state index contributed by atoms with van der Waals surface area (Å²) in [6.07, 6.45) is 1.81. The number of rotatable bonds is 8. The fourth-order valence-corrected chi connectivity index (χ4v) is 3.31. The molecule has 3 aromatic rings. The van der Waals surface area contributed by atoms with Crippen molar-refractivity contribution in [3.63, 3.8) is 0 Å². The summed E-state index contributed by atoms with van der Waals surface area (Å²) in [6, 6.07) is 16.6. The maximum atomic E-state index is 12.0. The van der Waals surface area contributed by atoms with Crippen LogP contribution in [0.2, 0.25) is 0 Å². The van der Waals surface area contributed by atoms with Crippen LogP contribution in [0.15, 0.2) is 59.8 Å². The molecule has 1 heterocycles. The molecule has 0 bridgehead atoms. The van der Waals surface area contributed by atoms with Gasteiger partial charge in [-0.2, -0.15) is 0 Å². The Bertz CT molecular complexity index is 1080. The van der Waals surface area contributed by atoms with Crippen molar-refractivity contribution in [2.75, 3.05) is 25.2 Å². The summed E-state index contributed by atoms with van der Waals surface area (Å²) in [4.78, 5) is 8.35. The zero-order chi connectivity index (χ0) is 20.9. The van der Waals surface area contributed by atoms with Gasteiger partial charge in [0.2, 0.25) is 15.0 Å². The van der Waals surface area contributed by atoms with Crippen LogP contribution in [0, 0.1) is 0 Å². The Kier molecular flexibility index (Phi) is 6.46.